The van der Waals surface area contributed by atoms with Gasteiger partial charge in [0.05, 0.1) is 11.1 Å². The van der Waals surface area contributed by atoms with Crippen molar-refractivity contribution in [2.75, 3.05) is 0 Å². The van der Waals surface area contributed by atoms with Gasteiger partial charge in [-0.15, -0.1) is 0 Å². The SMILES string of the molecule is CC(C)(NC(=O)c1cccc(Cl)c1)c1noc(-c2coc(-c3cccnc3)n2)n1. The van der Waals surface area contributed by atoms with Gasteiger partial charge in [0.15, 0.2) is 11.5 Å². The number of hydrogen-bond donors (Lipinski definition) is 1. The molecule has 3 aromatic heterocycles. The van der Waals surface area contributed by atoms with Gasteiger partial charge in [-0.2, -0.15) is 4.98 Å². The second-order valence-electron chi connectivity index (χ2n) is 6.79. The van der Waals surface area contributed by atoms with E-state index in [1.54, 1.807) is 56.6 Å². The minimum absolute atomic E-state index is 0.184. The van der Waals surface area contributed by atoms with Crippen LogP contribution in [0.25, 0.3) is 23.0 Å². The summed E-state index contributed by atoms with van der Waals surface area (Å²) in [5, 5.41) is 7.35. The smallest absolute Gasteiger partial charge is 0.279 e. The van der Waals surface area contributed by atoms with Crippen molar-refractivity contribution in [3.63, 3.8) is 0 Å². The lowest BCUT2D eigenvalue weighted by molar-refractivity contribution is 0.0907. The Morgan fingerprint density at radius 3 is 2.76 bits per heavy atom. The van der Waals surface area contributed by atoms with Crippen LogP contribution < -0.4 is 5.32 Å². The second kappa shape index (κ2) is 7.48. The van der Waals surface area contributed by atoms with Gasteiger partial charge in [0, 0.05) is 23.0 Å². The number of aromatic nitrogens is 4. The van der Waals surface area contributed by atoms with Gasteiger partial charge >= 0.3 is 0 Å². The van der Waals surface area contributed by atoms with Gasteiger partial charge < -0.3 is 14.3 Å². The Hall–Kier alpha value is -3.52. The molecule has 0 unspecified atom stereocenters. The number of pyridine rings is 1. The van der Waals surface area contributed by atoms with Crippen LogP contribution in [0.1, 0.15) is 30.0 Å². The predicted octanol–water partition coefficient (Wildman–Crippen LogP) is 4.11. The number of benzene rings is 1. The topological polar surface area (TPSA) is 107 Å². The molecule has 0 atom stereocenters. The second-order valence-corrected chi connectivity index (χ2v) is 7.23. The van der Waals surface area contributed by atoms with Gasteiger partial charge in [0.25, 0.3) is 11.8 Å². The molecule has 0 saturated carbocycles. The summed E-state index contributed by atoms with van der Waals surface area (Å²) in [5.41, 5.74) is 0.663. The van der Waals surface area contributed by atoms with Crippen molar-refractivity contribution in [2.24, 2.45) is 0 Å². The van der Waals surface area contributed by atoms with Gasteiger partial charge in [0.2, 0.25) is 5.89 Å². The number of rotatable bonds is 5. The predicted molar refractivity (Wildman–Crippen MR) is 105 cm³/mol. The number of carbonyl (C=O) groups excluding carboxylic acids is 1. The van der Waals surface area contributed by atoms with E-state index < -0.39 is 5.54 Å². The molecule has 0 bridgehead atoms. The molecule has 9 heteroatoms. The summed E-state index contributed by atoms with van der Waals surface area (Å²) in [6, 6.07) is 10.3. The molecule has 1 aromatic carbocycles. The summed E-state index contributed by atoms with van der Waals surface area (Å²) in [6.45, 7) is 3.54. The molecule has 4 aromatic rings. The Labute approximate surface area is 170 Å². The molecule has 1 N–H and O–H groups in total. The van der Waals surface area contributed by atoms with Crippen molar-refractivity contribution in [2.45, 2.75) is 19.4 Å². The van der Waals surface area contributed by atoms with Crippen LogP contribution in [0.4, 0.5) is 0 Å². The summed E-state index contributed by atoms with van der Waals surface area (Å²) in [6.07, 6.45) is 4.73. The van der Waals surface area contributed by atoms with Gasteiger partial charge in [-0.25, -0.2) is 4.98 Å². The molecule has 29 heavy (non-hydrogen) atoms. The maximum Gasteiger partial charge on any atom is 0.279 e. The van der Waals surface area contributed by atoms with Crippen LogP contribution in [-0.2, 0) is 5.54 Å². The number of amides is 1. The first-order valence-electron chi connectivity index (χ1n) is 8.71. The highest BCUT2D eigenvalue weighted by atomic mass is 35.5. The molecule has 0 aliphatic rings. The zero-order valence-corrected chi connectivity index (χ0v) is 16.3. The lowest BCUT2D eigenvalue weighted by Crippen LogP contribution is -2.41. The highest BCUT2D eigenvalue weighted by molar-refractivity contribution is 6.30. The number of carbonyl (C=O) groups is 1. The maximum atomic E-state index is 12.5. The average Bonchev–Trinajstić information content (AvgIpc) is 3.38. The van der Waals surface area contributed by atoms with Crippen molar-refractivity contribution >= 4 is 17.5 Å². The number of nitrogens with one attached hydrogen (secondary N) is 1. The minimum Gasteiger partial charge on any atom is -0.444 e. The molecule has 0 saturated heterocycles. The molecular weight excluding hydrogens is 394 g/mol. The first kappa shape index (κ1) is 18.8. The summed E-state index contributed by atoms with van der Waals surface area (Å²) >= 11 is 5.96. The average molecular weight is 410 g/mol. The molecule has 8 nitrogen and oxygen atoms in total. The van der Waals surface area contributed by atoms with E-state index in [0.717, 1.165) is 5.56 Å². The van der Waals surface area contributed by atoms with E-state index in [9.17, 15) is 4.79 Å². The van der Waals surface area contributed by atoms with E-state index in [1.165, 1.54) is 6.26 Å². The Kier molecular flexibility index (Phi) is 4.85. The number of halogens is 1. The standard InChI is InChI=1S/C20H16ClN5O3/c1-20(2,25-16(27)12-5-3-7-14(21)9-12)19-24-18(29-26-19)15-11-28-17(23-15)13-6-4-8-22-10-13/h3-11H,1-2H3,(H,25,27). The molecule has 1 amide bonds. The van der Waals surface area contributed by atoms with E-state index in [-0.39, 0.29) is 11.8 Å². The van der Waals surface area contributed by atoms with E-state index in [1.807, 2.05) is 6.07 Å². The van der Waals surface area contributed by atoms with Crippen molar-refractivity contribution in [1.29, 1.82) is 0 Å². The van der Waals surface area contributed by atoms with E-state index >= 15 is 0 Å². The fourth-order valence-corrected chi connectivity index (χ4v) is 2.81. The van der Waals surface area contributed by atoms with Crippen LogP contribution >= 0.6 is 11.6 Å². The molecule has 0 aliphatic carbocycles. The molecule has 3 heterocycles. The van der Waals surface area contributed by atoms with Crippen LogP contribution in [0.3, 0.4) is 0 Å². The van der Waals surface area contributed by atoms with Gasteiger partial charge in [-0.3, -0.25) is 9.78 Å². The highest BCUT2D eigenvalue weighted by Gasteiger charge is 2.30. The quantitative estimate of drug-likeness (QED) is 0.528. The van der Waals surface area contributed by atoms with Crippen LogP contribution in [0.15, 0.2) is 64.0 Å². The molecule has 0 fully saturated rings. The molecule has 4 rings (SSSR count). The molecule has 0 radical (unpaired) electrons. The lowest BCUT2D eigenvalue weighted by Gasteiger charge is -2.22. The largest absolute Gasteiger partial charge is 0.444 e. The lowest BCUT2D eigenvalue weighted by atomic mass is 10.0. The zero-order valence-electron chi connectivity index (χ0n) is 15.6. The Morgan fingerprint density at radius 2 is 2.00 bits per heavy atom. The zero-order chi connectivity index (χ0) is 20.4. The molecule has 0 aliphatic heterocycles. The third-order valence-electron chi connectivity index (χ3n) is 4.13. The summed E-state index contributed by atoms with van der Waals surface area (Å²) in [5.74, 6) is 0.572. The van der Waals surface area contributed by atoms with E-state index in [4.69, 9.17) is 20.5 Å². The third kappa shape index (κ3) is 4.02. The molecule has 0 spiro atoms. The van der Waals surface area contributed by atoms with Crippen molar-refractivity contribution in [3.05, 3.63) is 71.5 Å². The summed E-state index contributed by atoms with van der Waals surface area (Å²) in [7, 11) is 0. The van der Waals surface area contributed by atoms with Gasteiger partial charge in [0.1, 0.15) is 6.26 Å². The number of nitrogens with zero attached hydrogens (tertiary/aromatic N) is 4. The minimum atomic E-state index is -0.892. The Morgan fingerprint density at radius 1 is 1.14 bits per heavy atom. The van der Waals surface area contributed by atoms with Crippen LogP contribution in [0, 0.1) is 0 Å². The fourth-order valence-electron chi connectivity index (χ4n) is 2.62. The van der Waals surface area contributed by atoms with E-state index in [0.29, 0.717) is 28.0 Å². The van der Waals surface area contributed by atoms with Gasteiger partial charge in [-0.05, 0) is 44.2 Å². The van der Waals surface area contributed by atoms with Gasteiger partial charge in [-0.1, -0.05) is 22.8 Å². The number of oxazole rings is 1. The Balaban J connectivity index is 1.53. The maximum absolute atomic E-state index is 12.5. The fraction of sp³-hybridized carbons (Fsp3) is 0.150. The highest BCUT2D eigenvalue weighted by Crippen LogP contribution is 2.25. The van der Waals surface area contributed by atoms with Crippen molar-refractivity contribution in [1.82, 2.24) is 25.4 Å². The normalized spacial score (nSPS) is 11.4. The first-order valence-corrected chi connectivity index (χ1v) is 9.09. The van der Waals surface area contributed by atoms with Crippen LogP contribution in [0.2, 0.25) is 5.02 Å². The number of hydrogen-bond acceptors (Lipinski definition) is 7. The third-order valence-corrected chi connectivity index (χ3v) is 4.36. The molecular formula is C20H16ClN5O3. The van der Waals surface area contributed by atoms with Crippen LogP contribution in [-0.4, -0.2) is 26.0 Å². The van der Waals surface area contributed by atoms with Crippen molar-refractivity contribution < 1.29 is 13.7 Å². The Bertz CT molecular complexity index is 1150. The van der Waals surface area contributed by atoms with E-state index in [2.05, 4.69) is 25.4 Å². The first-order chi connectivity index (χ1) is 13.9. The summed E-state index contributed by atoms with van der Waals surface area (Å²) < 4.78 is 10.8. The van der Waals surface area contributed by atoms with Crippen LogP contribution in [0.5, 0.6) is 0 Å². The monoisotopic (exact) mass is 409 g/mol. The molecule has 146 valence electrons. The summed E-state index contributed by atoms with van der Waals surface area (Å²) in [4.78, 5) is 25.3. The van der Waals surface area contributed by atoms with Crippen molar-refractivity contribution in [3.8, 4) is 23.0 Å².